The van der Waals surface area contributed by atoms with Gasteiger partial charge in [0.25, 0.3) is 0 Å². The normalized spacial score (nSPS) is 11.1. The summed E-state index contributed by atoms with van der Waals surface area (Å²) in [5.74, 6) is -0.352. The van der Waals surface area contributed by atoms with Gasteiger partial charge in [-0.15, -0.1) is 0 Å². The second-order valence-corrected chi connectivity index (χ2v) is 4.03. The van der Waals surface area contributed by atoms with Crippen LogP contribution in [0.2, 0.25) is 0 Å². The van der Waals surface area contributed by atoms with E-state index < -0.39 is 0 Å². The fraction of sp³-hybridized carbons (Fsp3) is 0.417. The summed E-state index contributed by atoms with van der Waals surface area (Å²) in [6, 6.07) is 5.16. The third-order valence-electron chi connectivity index (χ3n) is 2.73. The smallest absolute Gasteiger partial charge is 0.408 e. The zero-order chi connectivity index (χ0) is 12.3. The first-order valence-electron chi connectivity index (χ1n) is 5.72. The third kappa shape index (κ3) is 2.50. The summed E-state index contributed by atoms with van der Waals surface area (Å²) >= 11 is 0. The Labute approximate surface area is 98.5 Å². The van der Waals surface area contributed by atoms with Crippen molar-refractivity contribution in [3.05, 3.63) is 28.7 Å². The van der Waals surface area contributed by atoms with Crippen molar-refractivity contribution in [2.24, 2.45) is 0 Å². The molecule has 1 heterocycles. The summed E-state index contributed by atoms with van der Waals surface area (Å²) in [6.07, 6.45) is 2.48. The van der Waals surface area contributed by atoms with Crippen LogP contribution in [0.4, 0.5) is 5.69 Å². The van der Waals surface area contributed by atoms with Crippen molar-refractivity contribution in [1.29, 1.82) is 0 Å². The van der Waals surface area contributed by atoms with Crippen molar-refractivity contribution in [1.82, 2.24) is 4.57 Å². The molecule has 17 heavy (non-hydrogen) atoms. The number of aryl methyl sites for hydroxylation is 1. The Balaban J connectivity index is 2.23. The summed E-state index contributed by atoms with van der Waals surface area (Å²) in [6.45, 7) is 0.781. The van der Waals surface area contributed by atoms with Crippen LogP contribution in [0.1, 0.15) is 19.3 Å². The van der Waals surface area contributed by atoms with Crippen LogP contribution in [0.5, 0.6) is 0 Å². The molecule has 0 atom stereocenters. The molecule has 0 spiro atoms. The maximum absolute atomic E-state index is 11.6. The lowest BCUT2D eigenvalue weighted by atomic mass is 10.2. The van der Waals surface area contributed by atoms with E-state index in [9.17, 15) is 4.79 Å². The van der Waals surface area contributed by atoms with E-state index in [0.717, 1.165) is 24.8 Å². The minimum absolute atomic E-state index is 0.188. The number of anilines is 1. The maximum Gasteiger partial charge on any atom is 0.419 e. The van der Waals surface area contributed by atoms with E-state index in [0.29, 0.717) is 17.8 Å². The summed E-state index contributed by atoms with van der Waals surface area (Å²) in [5, 5.41) is 8.68. The molecule has 0 saturated carbocycles. The molecule has 0 unspecified atom stereocenters. The minimum Gasteiger partial charge on any atom is -0.408 e. The second kappa shape index (κ2) is 5.05. The Morgan fingerprint density at radius 3 is 2.88 bits per heavy atom. The first kappa shape index (κ1) is 11.7. The molecule has 92 valence electrons. The quantitative estimate of drug-likeness (QED) is 0.606. The maximum atomic E-state index is 11.6. The van der Waals surface area contributed by atoms with Crippen LogP contribution in [-0.2, 0) is 6.54 Å². The molecule has 3 N–H and O–H groups in total. The number of aliphatic hydroxyl groups excluding tert-OH is 1. The van der Waals surface area contributed by atoms with Crippen LogP contribution in [-0.4, -0.2) is 16.3 Å². The van der Waals surface area contributed by atoms with Crippen LogP contribution < -0.4 is 11.5 Å². The van der Waals surface area contributed by atoms with Gasteiger partial charge in [-0.1, -0.05) is 0 Å². The number of fused-ring (bicyclic) bond motifs is 1. The molecule has 5 nitrogen and oxygen atoms in total. The molecular weight excluding hydrogens is 220 g/mol. The number of rotatable bonds is 5. The lowest BCUT2D eigenvalue weighted by Crippen LogP contribution is -2.14. The fourth-order valence-electron chi connectivity index (χ4n) is 1.85. The lowest BCUT2D eigenvalue weighted by molar-refractivity contribution is 0.281. The molecule has 2 rings (SSSR count). The van der Waals surface area contributed by atoms with Crippen molar-refractivity contribution in [3.63, 3.8) is 0 Å². The number of oxazole rings is 1. The van der Waals surface area contributed by atoms with Crippen LogP contribution in [0.15, 0.2) is 27.4 Å². The summed E-state index contributed by atoms with van der Waals surface area (Å²) in [5.41, 5.74) is 7.60. The van der Waals surface area contributed by atoms with Crippen molar-refractivity contribution >= 4 is 16.8 Å². The molecule has 5 heteroatoms. The number of nitrogens with zero attached hydrogens (tertiary/aromatic N) is 1. The molecule has 0 bridgehead atoms. The average Bonchev–Trinajstić information content (AvgIpc) is 2.61. The first-order chi connectivity index (χ1) is 8.22. The highest BCUT2D eigenvalue weighted by molar-refractivity contribution is 5.76. The number of nitrogens with two attached hydrogens (primary N) is 1. The summed E-state index contributed by atoms with van der Waals surface area (Å²) in [4.78, 5) is 11.6. The van der Waals surface area contributed by atoms with Crippen LogP contribution in [0, 0.1) is 0 Å². The molecule has 0 aliphatic heterocycles. The summed E-state index contributed by atoms with van der Waals surface area (Å²) in [7, 11) is 0. The number of unbranched alkanes of at least 4 members (excludes halogenated alkanes) is 2. The zero-order valence-electron chi connectivity index (χ0n) is 9.56. The minimum atomic E-state index is -0.352. The lowest BCUT2D eigenvalue weighted by Gasteiger charge is -2.01. The Morgan fingerprint density at radius 1 is 1.29 bits per heavy atom. The standard InChI is InChI=1S/C12H16N2O3/c13-9-4-5-11-10(8-9)14(12(16)17-11)6-2-1-3-7-15/h4-5,8,15H,1-3,6-7,13H2. The van der Waals surface area contributed by atoms with E-state index in [2.05, 4.69) is 0 Å². The average molecular weight is 236 g/mol. The molecular formula is C12H16N2O3. The number of nitrogen functional groups attached to an aromatic ring is 1. The van der Waals surface area contributed by atoms with Crippen molar-refractivity contribution < 1.29 is 9.52 Å². The predicted molar refractivity (Wildman–Crippen MR) is 65.8 cm³/mol. The van der Waals surface area contributed by atoms with E-state index in [-0.39, 0.29) is 12.4 Å². The predicted octanol–water partition coefficient (Wildman–Crippen LogP) is 1.34. The third-order valence-corrected chi connectivity index (χ3v) is 2.73. The largest absolute Gasteiger partial charge is 0.419 e. The van der Waals surface area contributed by atoms with Crippen LogP contribution in [0.3, 0.4) is 0 Å². The number of benzene rings is 1. The van der Waals surface area contributed by atoms with Gasteiger partial charge < -0.3 is 15.3 Å². The molecule has 0 fully saturated rings. The van der Waals surface area contributed by atoms with Gasteiger partial charge in [-0.2, -0.15) is 0 Å². The molecule has 0 saturated heterocycles. The Morgan fingerprint density at radius 2 is 2.12 bits per heavy atom. The highest BCUT2D eigenvalue weighted by Gasteiger charge is 2.08. The second-order valence-electron chi connectivity index (χ2n) is 4.03. The van der Waals surface area contributed by atoms with Gasteiger partial charge in [0.2, 0.25) is 0 Å². The van der Waals surface area contributed by atoms with E-state index in [1.54, 1.807) is 22.8 Å². The highest BCUT2D eigenvalue weighted by atomic mass is 16.4. The number of aromatic nitrogens is 1. The molecule has 2 aromatic rings. The van der Waals surface area contributed by atoms with Crippen molar-refractivity contribution in [2.75, 3.05) is 12.3 Å². The monoisotopic (exact) mass is 236 g/mol. The van der Waals surface area contributed by atoms with Gasteiger partial charge in [0.05, 0.1) is 5.52 Å². The SMILES string of the molecule is Nc1ccc2oc(=O)n(CCCCCO)c2c1. The molecule has 1 aromatic heterocycles. The van der Waals surface area contributed by atoms with E-state index in [1.807, 2.05) is 0 Å². The van der Waals surface area contributed by atoms with Gasteiger partial charge in [0, 0.05) is 18.8 Å². The van der Waals surface area contributed by atoms with Crippen LogP contribution in [0.25, 0.3) is 11.1 Å². The van der Waals surface area contributed by atoms with Crippen molar-refractivity contribution in [2.45, 2.75) is 25.8 Å². The Bertz CT molecular complexity index is 556. The van der Waals surface area contributed by atoms with Crippen LogP contribution >= 0.6 is 0 Å². The Kier molecular flexibility index (Phi) is 3.49. The molecule has 1 aromatic carbocycles. The number of hydrogen-bond donors (Lipinski definition) is 2. The van der Waals surface area contributed by atoms with E-state index >= 15 is 0 Å². The highest BCUT2D eigenvalue weighted by Crippen LogP contribution is 2.16. The van der Waals surface area contributed by atoms with Gasteiger partial charge in [0.1, 0.15) is 0 Å². The first-order valence-corrected chi connectivity index (χ1v) is 5.72. The Hall–Kier alpha value is -1.75. The summed E-state index contributed by atoms with van der Waals surface area (Å²) < 4.78 is 6.70. The molecule has 0 amide bonds. The molecule has 0 aliphatic rings. The topological polar surface area (TPSA) is 81.4 Å². The molecule has 0 aliphatic carbocycles. The van der Waals surface area contributed by atoms with E-state index in [1.165, 1.54) is 0 Å². The van der Waals surface area contributed by atoms with E-state index in [4.69, 9.17) is 15.3 Å². The van der Waals surface area contributed by atoms with Gasteiger partial charge in [-0.3, -0.25) is 4.57 Å². The van der Waals surface area contributed by atoms with Crippen molar-refractivity contribution in [3.8, 4) is 0 Å². The fourth-order valence-corrected chi connectivity index (χ4v) is 1.85. The van der Waals surface area contributed by atoms with Gasteiger partial charge in [-0.25, -0.2) is 4.79 Å². The number of aliphatic hydroxyl groups is 1. The zero-order valence-corrected chi connectivity index (χ0v) is 9.56. The number of hydrogen-bond acceptors (Lipinski definition) is 4. The molecule has 0 radical (unpaired) electrons. The van der Waals surface area contributed by atoms with Gasteiger partial charge >= 0.3 is 5.76 Å². The van der Waals surface area contributed by atoms with Gasteiger partial charge in [-0.05, 0) is 37.5 Å². The van der Waals surface area contributed by atoms with Gasteiger partial charge in [0.15, 0.2) is 5.58 Å².